The van der Waals surface area contributed by atoms with Crippen molar-refractivity contribution in [2.24, 2.45) is 0 Å². The third-order valence-corrected chi connectivity index (χ3v) is 9.71. The van der Waals surface area contributed by atoms with Crippen LogP contribution in [0.15, 0.2) is 53.4 Å². The Labute approximate surface area is 247 Å². The van der Waals surface area contributed by atoms with Crippen LogP contribution in [0.5, 0.6) is 0 Å². The van der Waals surface area contributed by atoms with Gasteiger partial charge in [-0.1, -0.05) is 13.3 Å². The minimum Gasteiger partial charge on any atom is -0.462 e. The third kappa shape index (κ3) is 5.54. The lowest BCUT2D eigenvalue weighted by Gasteiger charge is -2.26. The van der Waals surface area contributed by atoms with E-state index < -0.39 is 10.0 Å². The second-order valence-corrected chi connectivity index (χ2v) is 12.4. The van der Waals surface area contributed by atoms with E-state index in [-0.39, 0.29) is 16.8 Å². The van der Waals surface area contributed by atoms with Crippen LogP contribution in [0.1, 0.15) is 59.6 Å². The number of likely N-dealkylation sites (N-methyl/N-ethyl adjacent to an activating group) is 1. The molecule has 0 spiro atoms. The lowest BCUT2D eigenvalue weighted by Crippen LogP contribution is -2.40. The number of nitrogens with zero attached hydrogens (tertiary/aromatic N) is 3. The fraction of sp³-hybridized carbons (Fsp3) is 0.375. The van der Waals surface area contributed by atoms with Gasteiger partial charge in [-0.05, 0) is 87.4 Å². The molecule has 0 atom stereocenters. The number of ether oxygens (including phenoxy) is 2. The van der Waals surface area contributed by atoms with Crippen molar-refractivity contribution < 1.29 is 27.5 Å². The van der Waals surface area contributed by atoms with Gasteiger partial charge in [-0.25, -0.2) is 13.2 Å². The number of aryl methyl sites for hydroxylation is 1. The number of amides is 1. The van der Waals surface area contributed by atoms with Crippen LogP contribution in [0, 0.1) is 13.8 Å². The van der Waals surface area contributed by atoms with Gasteiger partial charge in [0.25, 0.3) is 5.91 Å². The van der Waals surface area contributed by atoms with Gasteiger partial charge in [0.15, 0.2) is 0 Å². The van der Waals surface area contributed by atoms with Gasteiger partial charge in [0.05, 0.1) is 36.0 Å². The molecule has 222 valence electrons. The summed E-state index contributed by atoms with van der Waals surface area (Å²) in [6.07, 6.45) is 3.64. The number of fused-ring (bicyclic) bond motifs is 1. The third-order valence-electron chi connectivity index (χ3n) is 7.81. The maximum Gasteiger partial charge on any atom is 0.338 e. The molecule has 42 heavy (non-hydrogen) atoms. The second kappa shape index (κ2) is 12.2. The first-order valence-electron chi connectivity index (χ1n) is 14.4. The molecule has 2 aliphatic rings. The first-order valence-corrected chi connectivity index (χ1v) is 15.8. The topological polar surface area (TPSA) is 98.2 Å². The van der Waals surface area contributed by atoms with Crippen molar-refractivity contribution in [3.63, 3.8) is 0 Å². The summed E-state index contributed by atoms with van der Waals surface area (Å²) >= 11 is 0. The Bertz CT molecular complexity index is 1630. The van der Waals surface area contributed by atoms with Crippen molar-refractivity contribution in [3.05, 3.63) is 76.6 Å². The summed E-state index contributed by atoms with van der Waals surface area (Å²) in [6, 6.07) is 14.2. The lowest BCUT2D eigenvalue weighted by molar-refractivity contribution is -0.112. The molecular weight excluding hydrogens is 554 g/mol. The van der Waals surface area contributed by atoms with Crippen LogP contribution in [-0.2, 0) is 24.3 Å². The van der Waals surface area contributed by atoms with E-state index in [2.05, 4.69) is 4.57 Å². The molecule has 9 nitrogen and oxygen atoms in total. The van der Waals surface area contributed by atoms with Gasteiger partial charge in [0.2, 0.25) is 10.0 Å². The number of anilines is 1. The highest BCUT2D eigenvalue weighted by Crippen LogP contribution is 2.40. The Morgan fingerprint density at radius 2 is 1.74 bits per heavy atom. The number of hydrogen-bond acceptors (Lipinski definition) is 6. The van der Waals surface area contributed by atoms with E-state index in [0.29, 0.717) is 61.8 Å². The Balaban J connectivity index is 1.49. The molecule has 1 aromatic heterocycles. The number of esters is 1. The largest absolute Gasteiger partial charge is 0.462 e. The maximum absolute atomic E-state index is 13.6. The molecule has 1 amide bonds. The maximum atomic E-state index is 13.6. The van der Waals surface area contributed by atoms with E-state index >= 15 is 0 Å². The lowest BCUT2D eigenvalue weighted by atomic mass is 10.0. The van der Waals surface area contributed by atoms with Crippen molar-refractivity contribution in [2.75, 3.05) is 44.4 Å². The molecular formula is C32H37N3O6S. The van der Waals surface area contributed by atoms with Crippen molar-refractivity contribution in [1.82, 2.24) is 8.87 Å². The monoisotopic (exact) mass is 591 g/mol. The zero-order valence-electron chi connectivity index (χ0n) is 24.6. The number of hydrogen-bond donors (Lipinski definition) is 0. The number of sulfonamides is 1. The highest BCUT2D eigenvalue weighted by Gasteiger charge is 2.34. The van der Waals surface area contributed by atoms with E-state index in [9.17, 15) is 18.0 Å². The summed E-state index contributed by atoms with van der Waals surface area (Å²) in [5, 5.41) is 0. The molecule has 0 saturated carbocycles. The SMILES string of the molecule is CCCCOC(=O)c1ccc(-n2c(C)cc(/C=C3\C(=O)N(CC)c4ccc(S(=O)(=O)N5CCOCC5)cc43)c2C)cc1. The van der Waals surface area contributed by atoms with Crippen LogP contribution in [0.25, 0.3) is 17.3 Å². The average Bonchev–Trinajstić information content (AvgIpc) is 3.43. The van der Waals surface area contributed by atoms with E-state index in [1.165, 1.54) is 4.31 Å². The van der Waals surface area contributed by atoms with Crippen LogP contribution in [-0.4, -0.2) is 68.6 Å². The molecule has 0 aliphatic carbocycles. The van der Waals surface area contributed by atoms with Crippen molar-refractivity contribution in [1.29, 1.82) is 0 Å². The van der Waals surface area contributed by atoms with Crippen LogP contribution in [0.2, 0.25) is 0 Å². The Hall–Kier alpha value is -3.73. The van der Waals surface area contributed by atoms with Gasteiger partial charge >= 0.3 is 5.97 Å². The summed E-state index contributed by atoms with van der Waals surface area (Å²) in [6.45, 7) is 10.1. The minimum absolute atomic E-state index is 0.163. The molecule has 2 aromatic carbocycles. The quantitative estimate of drug-likeness (QED) is 0.198. The molecule has 10 heteroatoms. The van der Waals surface area contributed by atoms with E-state index in [4.69, 9.17) is 9.47 Å². The van der Waals surface area contributed by atoms with Gasteiger partial charge in [0.1, 0.15) is 0 Å². The minimum atomic E-state index is -3.73. The summed E-state index contributed by atoms with van der Waals surface area (Å²) in [5.41, 5.74) is 5.86. The summed E-state index contributed by atoms with van der Waals surface area (Å²) in [4.78, 5) is 27.7. The van der Waals surface area contributed by atoms with Crippen molar-refractivity contribution in [3.8, 4) is 5.69 Å². The van der Waals surface area contributed by atoms with Crippen LogP contribution < -0.4 is 4.90 Å². The predicted octanol–water partition coefficient (Wildman–Crippen LogP) is 4.98. The molecule has 0 bridgehead atoms. The number of unbranched alkanes of at least 4 members (excludes halogenated alkanes) is 1. The molecule has 0 N–H and O–H groups in total. The molecule has 5 rings (SSSR count). The standard InChI is InChI=1S/C32H37N3O6S/c1-5-7-16-41-32(37)24-8-10-26(11-9-24)35-22(3)19-25(23(35)4)20-29-28-21-27(12-13-30(28)34(6-2)31(29)36)42(38,39)33-14-17-40-18-15-33/h8-13,19-21H,5-7,14-18H2,1-4H3/b29-20-. The predicted molar refractivity (Wildman–Crippen MR) is 162 cm³/mol. The number of morpholine rings is 1. The Kier molecular flexibility index (Phi) is 8.68. The first kappa shape index (κ1) is 29.8. The van der Waals surface area contributed by atoms with Crippen molar-refractivity contribution in [2.45, 2.75) is 45.4 Å². The normalized spacial score (nSPS) is 16.7. The van der Waals surface area contributed by atoms with Crippen LogP contribution in [0.4, 0.5) is 5.69 Å². The number of carbonyl (C=O) groups is 2. The number of benzene rings is 2. The molecule has 0 unspecified atom stereocenters. The van der Waals surface area contributed by atoms with E-state index in [1.807, 2.05) is 52.0 Å². The number of carbonyl (C=O) groups excluding carboxylic acids is 2. The van der Waals surface area contributed by atoms with Gasteiger partial charge in [0, 0.05) is 47.8 Å². The smallest absolute Gasteiger partial charge is 0.338 e. The van der Waals surface area contributed by atoms with Gasteiger partial charge in [-0.2, -0.15) is 4.31 Å². The Morgan fingerprint density at radius 3 is 2.40 bits per heavy atom. The van der Waals surface area contributed by atoms with Gasteiger partial charge in [-0.15, -0.1) is 0 Å². The van der Waals surface area contributed by atoms with Crippen LogP contribution >= 0.6 is 0 Å². The van der Waals surface area contributed by atoms with E-state index in [0.717, 1.165) is 35.5 Å². The van der Waals surface area contributed by atoms with Gasteiger partial charge in [-0.3, -0.25) is 4.79 Å². The van der Waals surface area contributed by atoms with Crippen LogP contribution in [0.3, 0.4) is 0 Å². The van der Waals surface area contributed by atoms with Crippen molar-refractivity contribution >= 4 is 39.2 Å². The zero-order chi connectivity index (χ0) is 30.0. The summed E-state index contributed by atoms with van der Waals surface area (Å²) in [7, 11) is -3.73. The number of rotatable bonds is 9. The molecule has 3 aromatic rings. The highest BCUT2D eigenvalue weighted by atomic mass is 32.2. The summed E-state index contributed by atoms with van der Waals surface area (Å²) in [5.74, 6) is -0.501. The Morgan fingerprint density at radius 1 is 1.02 bits per heavy atom. The molecule has 1 saturated heterocycles. The zero-order valence-corrected chi connectivity index (χ0v) is 25.4. The summed E-state index contributed by atoms with van der Waals surface area (Å²) < 4.78 is 40.9. The highest BCUT2D eigenvalue weighted by molar-refractivity contribution is 7.89. The molecule has 1 fully saturated rings. The number of aromatic nitrogens is 1. The first-order chi connectivity index (χ1) is 20.2. The van der Waals surface area contributed by atoms with Gasteiger partial charge < -0.3 is 18.9 Å². The second-order valence-electron chi connectivity index (χ2n) is 10.5. The molecule has 3 heterocycles. The molecule has 2 aliphatic heterocycles. The fourth-order valence-electron chi connectivity index (χ4n) is 5.51. The fourth-order valence-corrected chi connectivity index (χ4v) is 6.95. The van der Waals surface area contributed by atoms with E-state index in [1.54, 1.807) is 35.2 Å². The average molecular weight is 592 g/mol. The molecule has 0 radical (unpaired) electrons.